The Morgan fingerprint density at radius 3 is 2.39 bits per heavy atom. The van der Waals surface area contributed by atoms with Gasteiger partial charge in [0.2, 0.25) is 11.8 Å². The van der Waals surface area contributed by atoms with Crippen LogP contribution in [0.5, 0.6) is 0 Å². The summed E-state index contributed by atoms with van der Waals surface area (Å²) in [6.45, 7) is 3.98. The van der Waals surface area contributed by atoms with Crippen LogP contribution in [0, 0.1) is 13.8 Å². The number of hydrogen-bond donors (Lipinski definition) is 1. The summed E-state index contributed by atoms with van der Waals surface area (Å²) >= 11 is 1.41. The predicted octanol–water partition coefficient (Wildman–Crippen LogP) is 3.31. The molecule has 1 aliphatic heterocycles. The molecule has 0 bridgehead atoms. The molecular formula is C18H18N2O2S. The summed E-state index contributed by atoms with van der Waals surface area (Å²) in [4.78, 5) is 27.2. The fourth-order valence-corrected chi connectivity index (χ4v) is 3.60. The summed E-state index contributed by atoms with van der Waals surface area (Å²) in [6.07, 6.45) is 0.223. The lowest BCUT2D eigenvalue weighted by Crippen LogP contribution is -2.31. The van der Waals surface area contributed by atoms with Crippen molar-refractivity contribution in [3.05, 3.63) is 53.6 Å². The second-order valence-electron chi connectivity index (χ2n) is 5.72. The molecule has 1 atom stereocenters. The van der Waals surface area contributed by atoms with E-state index < -0.39 is 0 Å². The maximum atomic E-state index is 12.6. The van der Waals surface area contributed by atoms with Crippen LogP contribution in [0.15, 0.2) is 47.4 Å². The van der Waals surface area contributed by atoms with E-state index in [4.69, 9.17) is 5.73 Å². The van der Waals surface area contributed by atoms with E-state index in [1.54, 1.807) is 12.1 Å². The minimum Gasteiger partial charge on any atom is -0.399 e. The SMILES string of the molecule is Cc1ccc(N2C(=O)C[C@@H](Sc3ccc(N)cc3)C2=O)cc1C. The van der Waals surface area contributed by atoms with Crippen LogP contribution < -0.4 is 10.6 Å². The molecule has 5 heteroatoms. The highest BCUT2D eigenvalue weighted by atomic mass is 32.2. The molecule has 1 saturated heterocycles. The number of carbonyl (C=O) groups is 2. The topological polar surface area (TPSA) is 63.4 Å². The van der Waals surface area contributed by atoms with Gasteiger partial charge in [0.15, 0.2) is 0 Å². The average molecular weight is 326 g/mol. The zero-order valence-electron chi connectivity index (χ0n) is 13.1. The first kappa shape index (κ1) is 15.6. The standard InChI is InChI=1S/C18H18N2O2S/c1-11-3-6-14(9-12(11)2)20-17(21)10-16(18(20)22)23-15-7-4-13(19)5-8-15/h3-9,16H,10,19H2,1-2H3/t16-/m1/s1. The zero-order valence-corrected chi connectivity index (χ0v) is 13.9. The van der Waals surface area contributed by atoms with Crippen molar-refractivity contribution in [3.8, 4) is 0 Å². The van der Waals surface area contributed by atoms with Gasteiger partial charge in [0.05, 0.1) is 10.9 Å². The van der Waals surface area contributed by atoms with Gasteiger partial charge in [-0.25, -0.2) is 4.90 Å². The van der Waals surface area contributed by atoms with E-state index in [2.05, 4.69) is 0 Å². The van der Waals surface area contributed by atoms with Crippen LogP contribution in [0.4, 0.5) is 11.4 Å². The summed E-state index contributed by atoms with van der Waals surface area (Å²) < 4.78 is 0. The molecule has 3 rings (SSSR count). The van der Waals surface area contributed by atoms with Crippen LogP contribution in [0.3, 0.4) is 0 Å². The number of imide groups is 1. The van der Waals surface area contributed by atoms with Gasteiger partial charge in [0.1, 0.15) is 0 Å². The van der Waals surface area contributed by atoms with Gasteiger partial charge in [0, 0.05) is 17.0 Å². The van der Waals surface area contributed by atoms with Crippen LogP contribution in [0.1, 0.15) is 17.5 Å². The number of hydrogen-bond acceptors (Lipinski definition) is 4. The summed E-state index contributed by atoms with van der Waals surface area (Å²) in [5.41, 5.74) is 9.21. The molecule has 1 heterocycles. The molecule has 2 aromatic carbocycles. The molecular weight excluding hydrogens is 308 g/mol. The number of thioether (sulfide) groups is 1. The van der Waals surface area contributed by atoms with Gasteiger partial charge in [-0.2, -0.15) is 0 Å². The van der Waals surface area contributed by atoms with Crippen LogP contribution in [0.25, 0.3) is 0 Å². The fraction of sp³-hybridized carbons (Fsp3) is 0.222. The van der Waals surface area contributed by atoms with E-state index in [0.717, 1.165) is 16.0 Å². The molecule has 0 aliphatic carbocycles. The van der Waals surface area contributed by atoms with Crippen LogP contribution in [-0.4, -0.2) is 17.1 Å². The second kappa shape index (κ2) is 6.08. The van der Waals surface area contributed by atoms with Gasteiger partial charge >= 0.3 is 0 Å². The Balaban J connectivity index is 1.82. The van der Waals surface area contributed by atoms with E-state index >= 15 is 0 Å². The number of amides is 2. The lowest BCUT2D eigenvalue weighted by atomic mass is 10.1. The number of nitrogens with zero attached hydrogens (tertiary/aromatic N) is 1. The molecule has 0 aromatic heterocycles. The Morgan fingerprint density at radius 2 is 1.74 bits per heavy atom. The molecule has 1 fully saturated rings. The molecule has 0 unspecified atom stereocenters. The number of benzene rings is 2. The summed E-state index contributed by atoms with van der Waals surface area (Å²) in [5, 5.41) is -0.382. The van der Waals surface area contributed by atoms with Gasteiger partial charge in [-0.15, -0.1) is 11.8 Å². The van der Waals surface area contributed by atoms with E-state index in [-0.39, 0.29) is 23.5 Å². The van der Waals surface area contributed by atoms with Gasteiger partial charge in [-0.1, -0.05) is 6.07 Å². The van der Waals surface area contributed by atoms with Crippen molar-refractivity contribution in [2.45, 2.75) is 30.4 Å². The van der Waals surface area contributed by atoms with Crippen molar-refractivity contribution in [1.82, 2.24) is 0 Å². The Labute approximate surface area is 139 Å². The molecule has 2 amide bonds. The highest BCUT2D eigenvalue weighted by Crippen LogP contribution is 2.34. The first-order chi connectivity index (χ1) is 11.0. The minimum absolute atomic E-state index is 0.147. The summed E-state index contributed by atoms with van der Waals surface area (Å²) in [6, 6.07) is 13.0. The highest BCUT2D eigenvalue weighted by molar-refractivity contribution is 8.00. The molecule has 118 valence electrons. The van der Waals surface area contributed by atoms with E-state index in [1.165, 1.54) is 16.7 Å². The van der Waals surface area contributed by atoms with Crippen molar-refractivity contribution in [2.75, 3.05) is 10.6 Å². The van der Waals surface area contributed by atoms with Crippen molar-refractivity contribution >= 4 is 35.0 Å². The molecule has 1 aliphatic rings. The number of rotatable bonds is 3. The third kappa shape index (κ3) is 3.10. The van der Waals surface area contributed by atoms with Crippen molar-refractivity contribution in [1.29, 1.82) is 0 Å². The summed E-state index contributed by atoms with van der Waals surface area (Å²) in [5.74, 6) is -0.300. The highest BCUT2D eigenvalue weighted by Gasteiger charge is 2.40. The number of nitrogens with two attached hydrogens (primary N) is 1. The molecule has 4 nitrogen and oxygen atoms in total. The molecule has 0 saturated carbocycles. The average Bonchev–Trinajstić information content (AvgIpc) is 2.79. The Morgan fingerprint density at radius 1 is 1.04 bits per heavy atom. The van der Waals surface area contributed by atoms with Gasteiger partial charge in [-0.05, 0) is 61.4 Å². The normalized spacial score (nSPS) is 17.8. The van der Waals surface area contributed by atoms with E-state index in [0.29, 0.717) is 11.4 Å². The number of nitrogen functional groups attached to an aromatic ring is 1. The third-order valence-electron chi connectivity index (χ3n) is 4.01. The lowest BCUT2D eigenvalue weighted by molar-refractivity contribution is -0.121. The lowest BCUT2D eigenvalue weighted by Gasteiger charge is -2.16. The maximum absolute atomic E-state index is 12.6. The molecule has 2 N–H and O–H groups in total. The maximum Gasteiger partial charge on any atom is 0.247 e. The van der Waals surface area contributed by atoms with Crippen LogP contribution in [-0.2, 0) is 9.59 Å². The van der Waals surface area contributed by atoms with Gasteiger partial charge in [0.25, 0.3) is 0 Å². The number of aryl methyl sites for hydroxylation is 2. The van der Waals surface area contributed by atoms with Gasteiger partial charge in [-0.3, -0.25) is 9.59 Å². The van der Waals surface area contributed by atoms with Crippen molar-refractivity contribution in [2.24, 2.45) is 0 Å². The molecule has 2 aromatic rings. The van der Waals surface area contributed by atoms with Crippen LogP contribution >= 0.6 is 11.8 Å². The first-order valence-corrected chi connectivity index (χ1v) is 8.30. The third-order valence-corrected chi connectivity index (χ3v) is 5.21. The van der Waals surface area contributed by atoms with Crippen LogP contribution in [0.2, 0.25) is 0 Å². The minimum atomic E-state index is -0.382. The quantitative estimate of drug-likeness (QED) is 0.694. The predicted molar refractivity (Wildman–Crippen MR) is 93.5 cm³/mol. The smallest absolute Gasteiger partial charge is 0.247 e. The summed E-state index contributed by atoms with van der Waals surface area (Å²) in [7, 11) is 0. The monoisotopic (exact) mass is 326 g/mol. The number of anilines is 2. The van der Waals surface area contributed by atoms with E-state index in [1.807, 2.05) is 44.2 Å². The van der Waals surface area contributed by atoms with Crippen molar-refractivity contribution < 1.29 is 9.59 Å². The van der Waals surface area contributed by atoms with Crippen molar-refractivity contribution in [3.63, 3.8) is 0 Å². The second-order valence-corrected chi connectivity index (χ2v) is 6.99. The Bertz CT molecular complexity index is 771. The fourth-order valence-electron chi connectivity index (χ4n) is 2.54. The largest absolute Gasteiger partial charge is 0.399 e. The first-order valence-electron chi connectivity index (χ1n) is 7.42. The Kier molecular flexibility index (Phi) is 4.13. The molecule has 23 heavy (non-hydrogen) atoms. The number of carbonyl (C=O) groups excluding carboxylic acids is 2. The molecule has 0 spiro atoms. The molecule has 0 radical (unpaired) electrons. The van der Waals surface area contributed by atoms with Gasteiger partial charge < -0.3 is 5.73 Å². The zero-order chi connectivity index (χ0) is 16.6. The van der Waals surface area contributed by atoms with E-state index in [9.17, 15) is 9.59 Å². The Hall–Kier alpha value is -2.27.